The quantitative estimate of drug-likeness (QED) is 0.765. The Kier molecular flexibility index (Phi) is 4.84. The van der Waals surface area contributed by atoms with Gasteiger partial charge in [-0.05, 0) is 27.1 Å². The second-order valence-electron chi connectivity index (χ2n) is 4.12. The van der Waals surface area contributed by atoms with Crippen LogP contribution in [0.1, 0.15) is 5.69 Å². The first-order valence-corrected chi connectivity index (χ1v) is 5.40. The van der Waals surface area contributed by atoms with Crippen LogP contribution in [0.3, 0.4) is 0 Å². The number of hydrogen-bond donors (Lipinski definition) is 1. The van der Waals surface area contributed by atoms with Crippen molar-refractivity contribution >= 4 is 11.9 Å². The number of anilines is 1. The first kappa shape index (κ1) is 13.4. The van der Waals surface area contributed by atoms with Crippen LogP contribution in [0.25, 0.3) is 0 Å². The molecule has 0 atom stereocenters. The molecule has 0 unspecified atom stereocenters. The molecule has 0 aliphatic carbocycles. The first-order valence-electron chi connectivity index (χ1n) is 5.40. The molecular weight excluding hydrogens is 220 g/mol. The maximum atomic E-state index is 10.8. The van der Waals surface area contributed by atoms with Crippen molar-refractivity contribution in [2.24, 2.45) is 0 Å². The van der Waals surface area contributed by atoms with E-state index in [1.165, 1.54) is 0 Å². The molecule has 0 amide bonds. The van der Waals surface area contributed by atoms with Gasteiger partial charge in [0.2, 0.25) is 5.95 Å². The van der Waals surface area contributed by atoms with Crippen LogP contribution in [0.2, 0.25) is 0 Å². The molecule has 1 aromatic rings. The van der Waals surface area contributed by atoms with Gasteiger partial charge in [-0.2, -0.15) is 0 Å². The lowest BCUT2D eigenvalue weighted by molar-refractivity contribution is -0.135. The summed E-state index contributed by atoms with van der Waals surface area (Å²) in [6, 6.07) is 1.79. The Morgan fingerprint density at radius 2 is 2.12 bits per heavy atom. The van der Waals surface area contributed by atoms with E-state index < -0.39 is 5.97 Å². The van der Waals surface area contributed by atoms with E-state index in [1.807, 2.05) is 25.9 Å². The molecule has 0 aromatic carbocycles. The van der Waals surface area contributed by atoms with Crippen LogP contribution < -0.4 is 4.90 Å². The summed E-state index contributed by atoms with van der Waals surface area (Å²) in [5.74, 6) is -0.414. The minimum atomic E-state index is -0.881. The summed E-state index contributed by atoms with van der Waals surface area (Å²) in [6.07, 6.45) is 1.64. The van der Waals surface area contributed by atoms with Crippen molar-refractivity contribution < 1.29 is 9.90 Å². The molecule has 17 heavy (non-hydrogen) atoms. The van der Waals surface area contributed by atoms with Crippen LogP contribution in [0, 0.1) is 6.92 Å². The molecule has 0 bridgehead atoms. The number of hydrogen-bond acceptors (Lipinski definition) is 5. The lowest BCUT2D eigenvalue weighted by Crippen LogP contribution is -2.36. The van der Waals surface area contributed by atoms with Crippen LogP contribution in [0.15, 0.2) is 12.3 Å². The summed E-state index contributed by atoms with van der Waals surface area (Å²) in [4.78, 5) is 22.8. The summed E-state index contributed by atoms with van der Waals surface area (Å²) in [5, 5.41) is 8.87. The largest absolute Gasteiger partial charge is 0.480 e. The van der Waals surface area contributed by atoms with Crippen molar-refractivity contribution in [2.45, 2.75) is 6.92 Å². The molecule has 6 heteroatoms. The second-order valence-corrected chi connectivity index (χ2v) is 4.12. The Morgan fingerprint density at radius 3 is 2.65 bits per heavy atom. The van der Waals surface area contributed by atoms with Gasteiger partial charge < -0.3 is 14.9 Å². The van der Waals surface area contributed by atoms with Crippen molar-refractivity contribution in [3.63, 3.8) is 0 Å². The van der Waals surface area contributed by atoms with Crippen molar-refractivity contribution in [3.8, 4) is 0 Å². The van der Waals surface area contributed by atoms with Gasteiger partial charge in [0.1, 0.15) is 6.54 Å². The molecule has 6 nitrogen and oxygen atoms in total. The molecule has 1 rings (SSSR count). The third kappa shape index (κ3) is 4.78. The first-order chi connectivity index (χ1) is 7.99. The van der Waals surface area contributed by atoms with Gasteiger partial charge in [-0.1, -0.05) is 0 Å². The van der Waals surface area contributed by atoms with Gasteiger partial charge in [-0.25, -0.2) is 9.97 Å². The Morgan fingerprint density at radius 1 is 1.41 bits per heavy atom. The fraction of sp³-hybridized carbons (Fsp3) is 0.545. The van der Waals surface area contributed by atoms with E-state index in [-0.39, 0.29) is 6.54 Å². The number of aliphatic carboxylic acids is 1. The average Bonchev–Trinajstić information content (AvgIpc) is 2.23. The van der Waals surface area contributed by atoms with Crippen LogP contribution >= 0.6 is 0 Å². The SMILES string of the molecule is Cc1ccnc(N(CCN(C)C)CC(=O)O)n1. The number of carboxylic acid groups (broad SMARTS) is 1. The number of nitrogens with zero attached hydrogens (tertiary/aromatic N) is 4. The van der Waals surface area contributed by atoms with E-state index in [0.717, 1.165) is 12.2 Å². The van der Waals surface area contributed by atoms with E-state index in [2.05, 4.69) is 9.97 Å². The van der Waals surface area contributed by atoms with E-state index in [1.54, 1.807) is 17.2 Å². The highest BCUT2D eigenvalue weighted by Crippen LogP contribution is 2.06. The Hall–Kier alpha value is -1.69. The minimum absolute atomic E-state index is 0.0860. The molecule has 1 heterocycles. The zero-order valence-corrected chi connectivity index (χ0v) is 10.4. The van der Waals surface area contributed by atoms with Crippen LogP contribution in [-0.4, -0.2) is 59.7 Å². The molecular formula is C11H18N4O2. The molecule has 0 fully saturated rings. The van der Waals surface area contributed by atoms with Gasteiger partial charge >= 0.3 is 5.97 Å². The number of carbonyl (C=O) groups is 1. The number of carboxylic acids is 1. The zero-order valence-electron chi connectivity index (χ0n) is 10.4. The predicted octanol–water partition coefficient (Wildman–Crippen LogP) is 0.238. The highest BCUT2D eigenvalue weighted by molar-refractivity contribution is 5.72. The van der Waals surface area contributed by atoms with Gasteiger partial charge in [0, 0.05) is 25.0 Å². The maximum Gasteiger partial charge on any atom is 0.323 e. The van der Waals surface area contributed by atoms with Gasteiger partial charge in [0.25, 0.3) is 0 Å². The lowest BCUT2D eigenvalue weighted by Gasteiger charge is -2.22. The third-order valence-corrected chi connectivity index (χ3v) is 2.21. The molecule has 1 N–H and O–H groups in total. The number of likely N-dealkylation sites (N-methyl/N-ethyl adjacent to an activating group) is 1. The standard InChI is InChI=1S/C11H18N4O2/c1-9-4-5-12-11(13-9)15(8-10(16)17)7-6-14(2)3/h4-5H,6-8H2,1-3H3,(H,16,17). The summed E-state index contributed by atoms with van der Waals surface area (Å²) < 4.78 is 0. The highest BCUT2D eigenvalue weighted by atomic mass is 16.4. The summed E-state index contributed by atoms with van der Waals surface area (Å²) in [7, 11) is 3.88. The molecule has 0 aliphatic heterocycles. The van der Waals surface area contributed by atoms with Gasteiger partial charge in [0.15, 0.2) is 0 Å². The monoisotopic (exact) mass is 238 g/mol. The lowest BCUT2D eigenvalue weighted by atomic mass is 10.4. The minimum Gasteiger partial charge on any atom is -0.480 e. The van der Waals surface area contributed by atoms with Crippen LogP contribution in [-0.2, 0) is 4.79 Å². The van der Waals surface area contributed by atoms with Gasteiger partial charge in [-0.15, -0.1) is 0 Å². The van der Waals surface area contributed by atoms with Crippen molar-refractivity contribution in [1.82, 2.24) is 14.9 Å². The predicted molar refractivity (Wildman–Crippen MR) is 65.2 cm³/mol. The van der Waals surface area contributed by atoms with Crippen LogP contribution in [0.5, 0.6) is 0 Å². The summed E-state index contributed by atoms with van der Waals surface area (Å²) >= 11 is 0. The van der Waals surface area contributed by atoms with E-state index in [0.29, 0.717) is 12.5 Å². The molecule has 0 aliphatic rings. The van der Waals surface area contributed by atoms with E-state index >= 15 is 0 Å². The Labute approximate surface area is 101 Å². The van der Waals surface area contributed by atoms with E-state index in [9.17, 15) is 4.79 Å². The Balaban J connectivity index is 2.78. The smallest absolute Gasteiger partial charge is 0.323 e. The van der Waals surface area contributed by atoms with Crippen molar-refractivity contribution in [2.75, 3.05) is 38.6 Å². The normalized spacial score (nSPS) is 10.6. The average molecular weight is 238 g/mol. The van der Waals surface area contributed by atoms with Gasteiger partial charge in [-0.3, -0.25) is 4.79 Å². The molecule has 0 saturated heterocycles. The number of rotatable bonds is 6. The van der Waals surface area contributed by atoms with Gasteiger partial charge in [0.05, 0.1) is 0 Å². The molecule has 0 saturated carbocycles. The number of aryl methyl sites for hydroxylation is 1. The summed E-state index contributed by atoms with van der Waals surface area (Å²) in [5.41, 5.74) is 0.829. The molecule has 1 aromatic heterocycles. The molecule has 94 valence electrons. The fourth-order valence-electron chi connectivity index (χ4n) is 1.32. The Bertz CT molecular complexity index is 381. The fourth-order valence-corrected chi connectivity index (χ4v) is 1.32. The molecule has 0 spiro atoms. The topological polar surface area (TPSA) is 69.6 Å². The summed E-state index contributed by atoms with van der Waals surface area (Å²) in [6.45, 7) is 3.11. The third-order valence-electron chi connectivity index (χ3n) is 2.21. The zero-order chi connectivity index (χ0) is 12.8. The second kappa shape index (κ2) is 6.15. The highest BCUT2D eigenvalue weighted by Gasteiger charge is 2.13. The van der Waals surface area contributed by atoms with Crippen molar-refractivity contribution in [3.05, 3.63) is 18.0 Å². The van der Waals surface area contributed by atoms with E-state index in [4.69, 9.17) is 5.11 Å². The molecule has 0 radical (unpaired) electrons. The maximum absolute atomic E-state index is 10.8. The number of aromatic nitrogens is 2. The van der Waals surface area contributed by atoms with Crippen molar-refractivity contribution in [1.29, 1.82) is 0 Å². The van der Waals surface area contributed by atoms with Crippen LogP contribution in [0.4, 0.5) is 5.95 Å².